The molecule has 2 amide bonds. The third-order valence-corrected chi connectivity index (χ3v) is 7.38. The van der Waals surface area contributed by atoms with E-state index >= 15 is 0 Å². The maximum absolute atomic E-state index is 13.7. The number of benzene rings is 1. The number of hydrogen-bond acceptors (Lipinski definition) is 5. The Kier molecular flexibility index (Phi) is 11.1. The molecule has 1 atom stereocenters. The Balaban J connectivity index is 1.72. The Morgan fingerprint density at radius 3 is 2.38 bits per heavy atom. The number of nitrogens with zero attached hydrogens (tertiary/aromatic N) is 3. The van der Waals surface area contributed by atoms with Crippen LogP contribution in [0.1, 0.15) is 51.0 Å². The number of ether oxygens (including phenoxy) is 1. The smallest absolute Gasteiger partial charge is 0.242 e. The first-order valence-corrected chi connectivity index (χ1v) is 14.1. The largest absolute Gasteiger partial charge is 0.379 e. The summed E-state index contributed by atoms with van der Waals surface area (Å²) >= 11 is 1.60. The van der Waals surface area contributed by atoms with Gasteiger partial charge in [-0.25, -0.2) is 4.39 Å². The molecule has 204 valence electrons. The summed E-state index contributed by atoms with van der Waals surface area (Å²) in [5.74, 6) is -0.146. The lowest BCUT2D eigenvalue weighted by Gasteiger charge is -2.32. The van der Waals surface area contributed by atoms with Gasteiger partial charge in [-0.1, -0.05) is 45.9 Å². The van der Waals surface area contributed by atoms with Crippen LogP contribution >= 0.6 is 11.3 Å². The number of thiophene rings is 1. The van der Waals surface area contributed by atoms with E-state index < -0.39 is 0 Å². The van der Waals surface area contributed by atoms with E-state index in [2.05, 4.69) is 32.6 Å². The van der Waals surface area contributed by atoms with E-state index in [4.69, 9.17) is 4.74 Å². The molecule has 0 unspecified atom stereocenters. The van der Waals surface area contributed by atoms with Gasteiger partial charge in [0.05, 0.1) is 26.3 Å². The zero-order chi connectivity index (χ0) is 26.8. The van der Waals surface area contributed by atoms with Gasteiger partial charge in [0.15, 0.2) is 0 Å². The van der Waals surface area contributed by atoms with Gasteiger partial charge >= 0.3 is 0 Å². The molecule has 0 aliphatic carbocycles. The predicted octanol–water partition coefficient (Wildman–Crippen LogP) is 5.04. The third-order valence-electron chi connectivity index (χ3n) is 6.52. The number of hydrogen-bond donors (Lipinski definition) is 0. The van der Waals surface area contributed by atoms with Crippen LogP contribution in [0.25, 0.3) is 0 Å². The highest BCUT2D eigenvalue weighted by molar-refractivity contribution is 7.09. The van der Waals surface area contributed by atoms with Gasteiger partial charge in [-0.2, -0.15) is 0 Å². The first-order chi connectivity index (χ1) is 17.6. The molecule has 1 aliphatic heterocycles. The average Bonchev–Trinajstić information content (AvgIpc) is 3.35. The Morgan fingerprint density at radius 2 is 1.76 bits per heavy atom. The predicted molar refractivity (Wildman–Crippen MR) is 147 cm³/mol. The van der Waals surface area contributed by atoms with E-state index in [0.717, 1.165) is 36.5 Å². The van der Waals surface area contributed by atoms with Crippen molar-refractivity contribution in [3.63, 3.8) is 0 Å². The monoisotopic (exact) mass is 531 g/mol. The van der Waals surface area contributed by atoms with Gasteiger partial charge in [-0.3, -0.25) is 14.5 Å². The van der Waals surface area contributed by atoms with Crippen LogP contribution in [0.4, 0.5) is 4.39 Å². The molecule has 37 heavy (non-hydrogen) atoms. The van der Waals surface area contributed by atoms with Gasteiger partial charge in [-0.05, 0) is 46.9 Å². The molecule has 1 aromatic heterocycles. The summed E-state index contributed by atoms with van der Waals surface area (Å²) < 4.78 is 18.9. The zero-order valence-electron chi connectivity index (χ0n) is 22.7. The summed E-state index contributed by atoms with van der Waals surface area (Å²) in [6.45, 7) is 13.8. The molecule has 1 aromatic carbocycles. The van der Waals surface area contributed by atoms with Crippen LogP contribution in [0, 0.1) is 17.2 Å². The second-order valence-corrected chi connectivity index (χ2v) is 12.3. The Bertz CT molecular complexity index is 969. The highest BCUT2D eigenvalue weighted by Gasteiger charge is 2.25. The summed E-state index contributed by atoms with van der Waals surface area (Å²) in [5.41, 5.74) is 0.997. The van der Waals surface area contributed by atoms with E-state index in [1.54, 1.807) is 33.3 Å². The molecule has 0 saturated carbocycles. The lowest BCUT2D eigenvalue weighted by atomic mass is 9.84. The molecular weight excluding hydrogens is 489 g/mol. The number of halogens is 1. The lowest BCUT2D eigenvalue weighted by Crippen LogP contribution is -2.47. The molecule has 0 radical (unpaired) electrons. The van der Waals surface area contributed by atoms with E-state index in [1.165, 1.54) is 12.1 Å². The number of rotatable bonds is 12. The highest BCUT2D eigenvalue weighted by atomic mass is 32.1. The molecule has 6 nitrogen and oxygen atoms in total. The van der Waals surface area contributed by atoms with Crippen molar-refractivity contribution in [3.05, 3.63) is 58.0 Å². The summed E-state index contributed by atoms with van der Waals surface area (Å²) in [6, 6.07) is 10.2. The van der Waals surface area contributed by atoms with Crippen LogP contribution in [0.3, 0.4) is 0 Å². The fourth-order valence-corrected chi connectivity index (χ4v) is 5.54. The highest BCUT2D eigenvalue weighted by Crippen LogP contribution is 2.26. The maximum atomic E-state index is 13.7. The van der Waals surface area contributed by atoms with Crippen molar-refractivity contribution in [2.24, 2.45) is 11.3 Å². The Morgan fingerprint density at radius 1 is 1.05 bits per heavy atom. The molecule has 2 heterocycles. The Labute approximate surface area is 225 Å². The molecule has 1 saturated heterocycles. The van der Waals surface area contributed by atoms with Gasteiger partial charge in [-0.15, -0.1) is 11.3 Å². The Hall–Kier alpha value is -2.29. The van der Waals surface area contributed by atoms with Crippen molar-refractivity contribution in [2.75, 3.05) is 45.9 Å². The van der Waals surface area contributed by atoms with E-state index in [9.17, 15) is 14.0 Å². The van der Waals surface area contributed by atoms with Crippen LogP contribution in [0.2, 0.25) is 0 Å². The molecule has 0 spiro atoms. The van der Waals surface area contributed by atoms with Crippen molar-refractivity contribution in [2.45, 2.75) is 53.6 Å². The standard InChI is InChI=1S/C29H42FN3O3S/c1-23(19-29(2,3)4)18-27(34)32(12-11-31-13-15-36-16-14-31)22-28(35)33(21-26-6-5-17-37-26)20-24-7-9-25(30)10-8-24/h5-10,17,23H,11-16,18-22H2,1-4H3/t23-/m0/s1. The molecule has 3 rings (SSSR count). The summed E-state index contributed by atoms with van der Waals surface area (Å²) in [5, 5.41) is 1.99. The van der Waals surface area contributed by atoms with E-state index in [1.807, 2.05) is 17.5 Å². The molecule has 1 aliphatic rings. The van der Waals surface area contributed by atoms with Gasteiger partial charge in [0.1, 0.15) is 5.82 Å². The van der Waals surface area contributed by atoms with Crippen LogP contribution in [0.15, 0.2) is 41.8 Å². The summed E-state index contributed by atoms with van der Waals surface area (Å²) in [6.07, 6.45) is 1.37. The number of carbonyl (C=O) groups excluding carboxylic acids is 2. The SMILES string of the molecule is C[C@@H](CC(=O)N(CCN1CCOCC1)CC(=O)N(Cc1ccc(F)cc1)Cc1cccs1)CC(C)(C)C. The molecule has 2 aromatic rings. The van der Waals surface area contributed by atoms with E-state index in [0.29, 0.717) is 39.3 Å². The van der Waals surface area contributed by atoms with Crippen LogP contribution < -0.4 is 0 Å². The molecule has 0 bridgehead atoms. The first kappa shape index (κ1) is 29.3. The molecule has 8 heteroatoms. The van der Waals surface area contributed by atoms with Crippen LogP contribution in [-0.2, 0) is 27.4 Å². The normalized spacial score (nSPS) is 15.4. The second-order valence-electron chi connectivity index (χ2n) is 11.3. The van der Waals surface area contributed by atoms with Crippen molar-refractivity contribution in [1.29, 1.82) is 0 Å². The number of morpholine rings is 1. The topological polar surface area (TPSA) is 53.1 Å². The number of carbonyl (C=O) groups is 2. The van der Waals surface area contributed by atoms with Crippen LogP contribution in [-0.4, -0.2) is 72.5 Å². The van der Waals surface area contributed by atoms with Crippen molar-refractivity contribution < 1.29 is 18.7 Å². The van der Waals surface area contributed by atoms with Gasteiger partial charge in [0.2, 0.25) is 11.8 Å². The van der Waals surface area contributed by atoms with Gasteiger partial charge in [0, 0.05) is 44.0 Å². The average molecular weight is 532 g/mol. The van der Waals surface area contributed by atoms with Crippen molar-refractivity contribution >= 4 is 23.2 Å². The number of amides is 2. The molecule has 1 fully saturated rings. The van der Waals surface area contributed by atoms with Crippen molar-refractivity contribution in [1.82, 2.24) is 14.7 Å². The summed E-state index contributed by atoms with van der Waals surface area (Å²) in [4.78, 5) is 34.0. The minimum absolute atomic E-state index is 0.0243. The zero-order valence-corrected chi connectivity index (χ0v) is 23.6. The van der Waals surface area contributed by atoms with E-state index in [-0.39, 0.29) is 35.5 Å². The van der Waals surface area contributed by atoms with Gasteiger partial charge in [0.25, 0.3) is 0 Å². The molecular formula is C29H42FN3O3S. The second kappa shape index (κ2) is 14.0. The fourth-order valence-electron chi connectivity index (χ4n) is 4.82. The first-order valence-electron chi connectivity index (χ1n) is 13.2. The lowest BCUT2D eigenvalue weighted by molar-refractivity contribution is -0.142. The van der Waals surface area contributed by atoms with Crippen molar-refractivity contribution in [3.8, 4) is 0 Å². The quantitative estimate of drug-likeness (QED) is 0.385. The minimum Gasteiger partial charge on any atom is -0.379 e. The summed E-state index contributed by atoms with van der Waals surface area (Å²) in [7, 11) is 0. The molecule has 0 N–H and O–H groups in total. The van der Waals surface area contributed by atoms with Gasteiger partial charge < -0.3 is 14.5 Å². The fraction of sp³-hybridized carbons (Fsp3) is 0.586. The maximum Gasteiger partial charge on any atom is 0.242 e. The van der Waals surface area contributed by atoms with Crippen LogP contribution in [0.5, 0.6) is 0 Å². The minimum atomic E-state index is -0.302. The third kappa shape index (κ3) is 10.5.